The zero-order valence-corrected chi connectivity index (χ0v) is 20.4. The zero-order valence-electron chi connectivity index (χ0n) is 20.4. The maximum absolute atomic E-state index is 13.5. The second-order valence-corrected chi connectivity index (χ2v) is 12.0. The smallest absolute Gasteiger partial charge is 0.193 e. The summed E-state index contributed by atoms with van der Waals surface area (Å²) < 4.78 is 13.6. The molecule has 1 aliphatic heterocycles. The fourth-order valence-corrected chi connectivity index (χ4v) is 9.02. The molecule has 4 aliphatic carbocycles. The number of fused-ring (bicyclic) bond motifs is 7. The van der Waals surface area contributed by atoms with Crippen molar-refractivity contribution >= 4 is 11.6 Å². The van der Waals surface area contributed by atoms with E-state index in [1.807, 2.05) is 43.3 Å². The van der Waals surface area contributed by atoms with Crippen LogP contribution in [-0.2, 0) is 24.8 Å². The summed E-state index contributed by atoms with van der Waals surface area (Å²) >= 11 is 0. The van der Waals surface area contributed by atoms with Crippen LogP contribution in [0.5, 0.6) is 0 Å². The first kappa shape index (κ1) is 21.7. The third-order valence-corrected chi connectivity index (χ3v) is 10.7. The molecule has 33 heavy (non-hydrogen) atoms. The Kier molecular flexibility index (Phi) is 4.53. The van der Waals surface area contributed by atoms with Gasteiger partial charge in [-0.2, -0.15) is 0 Å². The lowest BCUT2D eigenvalue weighted by Gasteiger charge is -2.59. The first-order chi connectivity index (χ1) is 15.6. The molecule has 0 spiro atoms. The van der Waals surface area contributed by atoms with Crippen molar-refractivity contribution in [1.29, 1.82) is 0 Å². The van der Waals surface area contributed by atoms with Gasteiger partial charge in [0.15, 0.2) is 23.0 Å². The van der Waals surface area contributed by atoms with Crippen molar-refractivity contribution in [2.24, 2.45) is 28.6 Å². The van der Waals surface area contributed by atoms with Gasteiger partial charge in [-0.25, -0.2) is 0 Å². The molecule has 1 saturated heterocycles. The SMILES string of the molecule is CC(=O)[C@@]12O[C@](C)(c3ccccc3)O[C@@H]1C[C@@H]1[C@H]3CCC4=CC(=O)CC[C@]4(C)[C@@H]3CC[C@@]12C. The molecule has 0 unspecified atom stereocenters. The van der Waals surface area contributed by atoms with Crippen LogP contribution in [0.4, 0.5) is 0 Å². The van der Waals surface area contributed by atoms with Crippen molar-refractivity contribution in [3.8, 4) is 0 Å². The first-order valence-electron chi connectivity index (χ1n) is 12.8. The molecule has 5 aliphatic rings. The average molecular weight is 449 g/mol. The predicted molar refractivity (Wildman–Crippen MR) is 125 cm³/mol. The van der Waals surface area contributed by atoms with Crippen LogP contribution in [0.3, 0.4) is 0 Å². The van der Waals surface area contributed by atoms with E-state index < -0.39 is 11.4 Å². The van der Waals surface area contributed by atoms with Gasteiger partial charge < -0.3 is 9.47 Å². The van der Waals surface area contributed by atoms with E-state index in [1.165, 1.54) is 5.57 Å². The molecule has 3 saturated carbocycles. The van der Waals surface area contributed by atoms with Gasteiger partial charge in [-0.1, -0.05) is 49.8 Å². The monoisotopic (exact) mass is 448 g/mol. The van der Waals surface area contributed by atoms with Crippen molar-refractivity contribution < 1.29 is 19.1 Å². The van der Waals surface area contributed by atoms with Crippen LogP contribution in [0.2, 0.25) is 0 Å². The minimum atomic E-state index is -0.902. The molecule has 1 heterocycles. The van der Waals surface area contributed by atoms with Gasteiger partial charge in [0.25, 0.3) is 0 Å². The number of benzene rings is 1. The summed E-state index contributed by atoms with van der Waals surface area (Å²) in [6.45, 7) is 8.41. The topological polar surface area (TPSA) is 52.6 Å². The lowest BCUT2D eigenvalue weighted by atomic mass is 9.46. The summed E-state index contributed by atoms with van der Waals surface area (Å²) in [5, 5.41) is 0. The van der Waals surface area contributed by atoms with Crippen molar-refractivity contribution in [2.75, 3.05) is 0 Å². The molecular weight excluding hydrogens is 412 g/mol. The second kappa shape index (κ2) is 6.88. The summed E-state index contributed by atoms with van der Waals surface area (Å²) in [4.78, 5) is 25.6. The second-order valence-electron chi connectivity index (χ2n) is 12.0. The third kappa shape index (κ3) is 2.65. The lowest BCUT2D eigenvalue weighted by molar-refractivity contribution is -0.227. The van der Waals surface area contributed by atoms with Crippen molar-refractivity contribution in [3.05, 3.63) is 47.5 Å². The minimum absolute atomic E-state index is 0.112. The van der Waals surface area contributed by atoms with Crippen LogP contribution in [0.15, 0.2) is 42.0 Å². The van der Waals surface area contributed by atoms with Gasteiger partial charge in [-0.3, -0.25) is 9.59 Å². The quantitative estimate of drug-likeness (QED) is 0.579. The molecule has 0 aromatic heterocycles. The van der Waals surface area contributed by atoms with Gasteiger partial charge in [0.05, 0.1) is 6.10 Å². The number of allylic oxidation sites excluding steroid dienone is 1. The Morgan fingerprint density at radius 2 is 1.76 bits per heavy atom. The largest absolute Gasteiger partial charge is 0.339 e. The molecule has 176 valence electrons. The highest BCUT2D eigenvalue weighted by atomic mass is 16.8. The Morgan fingerprint density at radius 1 is 1.00 bits per heavy atom. The van der Waals surface area contributed by atoms with Crippen LogP contribution in [0, 0.1) is 28.6 Å². The van der Waals surface area contributed by atoms with E-state index in [1.54, 1.807) is 6.92 Å². The van der Waals surface area contributed by atoms with Crippen molar-refractivity contribution in [1.82, 2.24) is 0 Å². The van der Waals surface area contributed by atoms with E-state index in [9.17, 15) is 9.59 Å². The summed E-state index contributed by atoms with van der Waals surface area (Å²) in [5.41, 5.74) is 1.35. The van der Waals surface area contributed by atoms with Crippen LogP contribution in [0.25, 0.3) is 0 Å². The van der Waals surface area contributed by atoms with E-state index >= 15 is 0 Å². The third-order valence-electron chi connectivity index (χ3n) is 10.7. The number of carbonyl (C=O) groups excluding carboxylic acids is 2. The molecule has 8 atom stereocenters. The molecule has 4 fully saturated rings. The van der Waals surface area contributed by atoms with Crippen molar-refractivity contribution in [2.45, 2.75) is 90.1 Å². The molecule has 6 rings (SSSR count). The maximum atomic E-state index is 13.5. The fraction of sp³-hybridized carbons (Fsp3) is 0.655. The summed E-state index contributed by atoms with van der Waals surface area (Å²) in [5.74, 6) is 1.04. The molecule has 4 heteroatoms. The molecule has 4 nitrogen and oxygen atoms in total. The van der Waals surface area contributed by atoms with Gasteiger partial charge in [0, 0.05) is 17.4 Å². The van der Waals surface area contributed by atoms with Crippen LogP contribution in [0.1, 0.15) is 78.2 Å². The summed E-state index contributed by atoms with van der Waals surface area (Å²) in [6.07, 6.45) is 8.46. The Bertz CT molecular complexity index is 1040. The van der Waals surface area contributed by atoms with E-state index in [0.717, 1.165) is 44.1 Å². The lowest BCUT2D eigenvalue weighted by Crippen LogP contribution is -2.59. The highest BCUT2D eigenvalue weighted by Crippen LogP contribution is 2.71. The van der Waals surface area contributed by atoms with Gasteiger partial charge in [0.2, 0.25) is 0 Å². The number of carbonyl (C=O) groups is 2. The van der Waals surface area contributed by atoms with E-state index in [4.69, 9.17) is 9.47 Å². The number of ether oxygens (including phenoxy) is 2. The Hall–Kier alpha value is -1.78. The highest BCUT2D eigenvalue weighted by molar-refractivity contribution is 5.91. The zero-order chi connectivity index (χ0) is 23.2. The molecule has 1 aromatic carbocycles. The maximum Gasteiger partial charge on any atom is 0.193 e. The van der Waals surface area contributed by atoms with Gasteiger partial charge in [-0.15, -0.1) is 0 Å². The molecular formula is C29H36O4. The standard InChI is InChI=1S/C29H36O4/c1-18(30)29-25(32-28(4,33-29)19-8-6-5-7-9-19)17-24-22-11-10-20-16-21(31)12-14-26(20,2)23(22)13-15-27(24,29)3/h5-9,16,22-25H,10-15,17H2,1-4H3/t22-,23+,24+,25+,26-,27-,28+,29+/m0/s1. The number of hydrogen-bond donors (Lipinski definition) is 0. The molecule has 0 amide bonds. The van der Waals surface area contributed by atoms with Crippen molar-refractivity contribution in [3.63, 3.8) is 0 Å². The van der Waals surface area contributed by atoms with Gasteiger partial charge in [-0.05, 0) is 81.6 Å². The summed E-state index contributed by atoms with van der Waals surface area (Å²) in [7, 11) is 0. The Morgan fingerprint density at radius 3 is 2.48 bits per heavy atom. The van der Waals surface area contributed by atoms with Crippen LogP contribution in [-0.4, -0.2) is 23.3 Å². The molecule has 1 aromatic rings. The fourth-order valence-electron chi connectivity index (χ4n) is 9.02. The molecule has 0 N–H and O–H groups in total. The first-order valence-corrected chi connectivity index (χ1v) is 12.8. The number of hydrogen-bond acceptors (Lipinski definition) is 4. The van der Waals surface area contributed by atoms with Crippen LogP contribution < -0.4 is 0 Å². The number of Topliss-reactive ketones (excluding diaryl/α,β-unsaturated/α-hetero) is 1. The molecule has 0 radical (unpaired) electrons. The van der Waals surface area contributed by atoms with Gasteiger partial charge in [0.1, 0.15) is 0 Å². The average Bonchev–Trinajstić information content (AvgIpc) is 3.23. The van der Waals surface area contributed by atoms with Crippen LogP contribution >= 0.6 is 0 Å². The van der Waals surface area contributed by atoms with Gasteiger partial charge >= 0.3 is 0 Å². The summed E-state index contributed by atoms with van der Waals surface area (Å²) in [6, 6.07) is 10.1. The van der Waals surface area contributed by atoms with E-state index in [2.05, 4.69) is 13.8 Å². The highest BCUT2D eigenvalue weighted by Gasteiger charge is 2.75. The Balaban J connectivity index is 1.38. The number of ketones is 2. The minimum Gasteiger partial charge on any atom is -0.339 e. The Labute approximate surface area is 197 Å². The normalized spacial score (nSPS) is 48.4. The molecule has 0 bridgehead atoms. The predicted octanol–water partition coefficient (Wildman–Crippen LogP) is 5.74. The number of rotatable bonds is 2. The van der Waals surface area contributed by atoms with E-state index in [0.29, 0.717) is 30.0 Å². The van der Waals surface area contributed by atoms with E-state index in [-0.39, 0.29) is 22.7 Å².